The first-order valence-corrected chi connectivity index (χ1v) is 12.9. The molecule has 0 saturated heterocycles. The fourth-order valence-electron chi connectivity index (χ4n) is 5.20. The molecular weight excluding hydrogens is 550 g/mol. The summed E-state index contributed by atoms with van der Waals surface area (Å²) in [5.74, 6) is 1.71. The molecule has 2 atom stereocenters. The molecule has 3 aromatic carbocycles. The van der Waals surface area contributed by atoms with E-state index in [1.807, 2.05) is 47.9 Å². The van der Waals surface area contributed by atoms with Crippen LogP contribution in [0, 0.1) is 0 Å². The number of imidazole rings is 1. The smallest absolute Gasteiger partial charge is 0.422 e. The molecule has 0 unspecified atom stereocenters. The summed E-state index contributed by atoms with van der Waals surface area (Å²) >= 11 is 0. The molecule has 0 saturated carbocycles. The number of carbonyl (C=O) groups is 1. The average molecular weight is 577 g/mol. The number of aromatic nitrogens is 2. The van der Waals surface area contributed by atoms with Crippen molar-refractivity contribution in [2.24, 2.45) is 0 Å². The van der Waals surface area contributed by atoms with Crippen molar-refractivity contribution in [1.82, 2.24) is 9.55 Å². The summed E-state index contributed by atoms with van der Waals surface area (Å²) in [6.07, 6.45) is -4.33. The topological polar surface area (TPSA) is 83.8 Å². The number of hydrogen-bond donors (Lipinski definition) is 1. The van der Waals surface area contributed by atoms with Gasteiger partial charge in [-0.3, -0.25) is 9.36 Å². The van der Waals surface area contributed by atoms with Crippen LogP contribution in [-0.4, -0.2) is 71.1 Å². The third kappa shape index (κ3) is 5.71. The second-order valence-corrected chi connectivity index (χ2v) is 9.61. The van der Waals surface area contributed by atoms with E-state index < -0.39 is 18.9 Å². The molecule has 6 rings (SSSR count). The molecule has 3 heterocycles. The van der Waals surface area contributed by atoms with Crippen molar-refractivity contribution in [1.29, 1.82) is 0 Å². The van der Waals surface area contributed by atoms with Gasteiger partial charge < -0.3 is 24.3 Å². The number of benzene rings is 3. The molecule has 1 N–H and O–H groups in total. The molecule has 1 radical (unpaired) electrons. The van der Waals surface area contributed by atoms with E-state index in [-0.39, 0.29) is 53.9 Å². The SMILES string of the molecule is CCc1nc2c(OCC(F)(F)F)cccc2n1-c1cccc2c1OC[C@H]2Nc1ccc2c(c1)OC[C@H]2OC(C)=O.[Na]. The minimum Gasteiger partial charge on any atom is -0.489 e. The average Bonchev–Trinajstić information content (AvgIpc) is 3.62. The van der Waals surface area contributed by atoms with Gasteiger partial charge in [-0.1, -0.05) is 25.1 Å². The van der Waals surface area contributed by atoms with Gasteiger partial charge in [0.25, 0.3) is 0 Å². The number of nitrogens with zero attached hydrogens (tertiary/aromatic N) is 2. The normalized spacial score (nSPS) is 17.2. The number of halogens is 3. The fourth-order valence-corrected chi connectivity index (χ4v) is 5.20. The molecule has 8 nitrogen and oxygen atoms in total. The second-order valence-electron chi connectivity index (χ2n) is 9.61. The maximum Gasteiger partial charge on any atom is 0.422 e. The first-order chi connectivity index (χ1) is 19.2. The van der Waals surface area contributed by atoms with Gasteiger partial charge in [0.1, 0.15) is 41.8 Å². The van der Waals surface area contributed by atoms with Crippen LogP contribution in [0.5, 0.6) is 17.2 Å². The number of ether oxygens (including phenoxy) is 4. The van der Waals surface area contributed by atoms with Gasteiger partial charge in [-0.05, 0) is 30.3 Å². The summed E-state index contributed by atoms with van der Waals surface area (Å²) in [7, 11) is 0. The Bertz CT molecular complexity index is 1610. The molecule has 0 fully saturated rings. The Labute approximate surface area is 256 Å². The van der Waals surface area contributed by atoms with Gasteiger partial charge in [-0.2, -0.15) is 13.2 Å². The number of alkyl halides is 3. The molecule has 12 heteroatoms. The van der Waals surface area contributed by atoms with Crippen molar-refractivity contribution in [2.75, 3.05) is 25.1 Å². The van der Waals surface area contributed by atoms with Crippen molar-refractivity contribution < 1.29 is 36.9 Å². The molecule has 209 valence electrons. The zero-order valence-electron chi connectivity index (χ0n) is 22.7. The number of hydrogen-bond acceptors (Lipinski definition) is 7. The predicted octanol–water partition coefficient (Wildman–Crippen LogP) is 5.69. The van der Waals surface area contributed by atoms with Crippen molar-refractivity contribution in [3.05, 3.63) is 71.5 Å². The van der Waals surface area contributed by atoms with E-state index in [1.165, 1.54) is 13.0 Å². The molecule has 1 aromatic heterocycles. The maximum absolute atomic E-state index is 12.8. The van der Waals surface area contributed by atoms with Crippen LogP contribution < -0.4 is 19.5 Å². The third-order valence-corrected chi connectivity index (χ3v) is 6.86. The first-order valence-electron chi connectivity index (χ1n) is 12.9. The fraction of sp³-hybridized carbons (Fsp3) is 0.310. The van der Waals surface area contributed by atoms with Crippen LogP contribution >= 0.6 is 0 Å². The van der Waals surface area contributed by atoms with Crippen molar-refractivity contribution in [3.63, 3.8) is 0 Å². The van der Waals surface area contributed by atoms with E-state index in [2.05, 4.69) is 10.3 Å². The van der Waals surface area contributed by atoms with Crippen molar-refractivity contribution >= 4 is 52.2 Å². The van der Waals surface area contributed by atoms with Crippen LogP contribution in [0.4, 0.5) is 18.9 Å². The number of rotatable bonds is 7. The molecule has 0 spiro atoms. The Balaban J connectivity index is 0.00000337. The summed E-state index contributed by atoms with van der Waals surface area (Å²) in [6, 6.07) is 16.3. The van der Waals surface area contributed by atoms with E-state index >= 15 is 0 Å². The maximum atomic E-state index is 12.8. The van der Waals surface area contributed by atoms with Crippen LogP contribution in [-0.2, 0) is 16.0 Å². The number of carbonyl (C=O) groups excluding carboxylic acids is 1. The van der Waals surface area contributed by atoms with Gasteiger partial charge in [0.05, 0.1) is 17.2 Å². The summed E-state index contributed by atoms with van der Waals surface area (Å²) in [5, 5.41) is 3.50. The van der Waals surface area contributed by atoms with Gasteiger partial charge in [-0.25, -0.2) is 4.98 Å². The Hall–Kier alpha value is -3.41. The van der Waals surface area contributed by atoms with E-state index in [4.69, 9.17) is 18.9 Å². The Morgan fingerprint density at radius 3 is 2.66 bits per heavy atom. The minimum absolute atomic E-state index is 0. The Morgan fingerprint density at radius 2 is 1.90 bits per heavy atom. The van der Waals surface area contributed by atoms with Crippen LogP contribution in [0.2, 0.25) is 0 Å². The monoisotopic (exact) mass is 576 g/mol. The number of para-hydroxylation sites is 2. The quantitative estimate of drug-likeness (QED) is 0.224. The van der Waals surface area contributed by atoms with Crippen molar-refractivity contribution in [3.8, 4) is 22.9 Å². The van der Waals surface area contributed by atoms with Gasteiger partial charge >= 0.3 is 12.1 Å². The number of esters is 1. The van der Waals surface area contributed by atoms with Crippen molar-refractivity contribution in [2.45, 2.75) is 38.6 Å². The van der Waals surface area contributed by atoms with E-state index in [9.17, 15) is 18.0 Å². The molecule has 0 amide bonds. The molecule has 2 aliphatic rings. The number of aryl methyl sites for hydroxylation is 1. The van der Waals surface area contributed by atoms with Crippen LogP contribution in [0.25, 0.3) is 16.7 Å². The summed E-state index contributed by atoms with van der Waals surface area (Å²) in [5.41, 5.74) is 4.31. The molecule has 41 heavy (non-hydrogen) atoms. The Morgan fingerprint density at radius 1 is 1.10 bits per heavy atom. The zero-order chi connectivity index (χ0) is 28.0. The summed E-state index contributed by atoms with van der Waals surface area (Å²) in [6.45, 7) is 2.56. The molecule has 0 aliphatic carbocycles. The van der Waals surface area contributed by atoms with E-state index in [0.29, 0.717) is 41.4 Å². The van der Waals surface area contributed by atoms with Crippen LogP contribution in [0.1, 0.15) is 42.9 Å². The summed E-state index contributed by atoms with van der Waals surface area (Å²) < 4.78 is 62.7. The zero-order valence-corrected chi connectivity index (χ0v) is 24.7. The van der Waals surface area contributed by atoms with E-state index in [0.717, 1.165) is 22.5 Å². The third-order valence-electron chi connectivity index (χ3n) is 6.86. The number of anilines is 1. The molecule has 2 aliphatic heterocycles. The number of nitrogens with one attached hydrogen (secondary N) is 1. The minimum atomic E-state index is -4.45. The van der Waals surface area contributed by atoms with Gasteiger partial charge in [0.15, 0.2) is 12.7 Å². The van der Waals surface area contributed by atoms with Gasteiger partial charge in [0, 0.05) is 65.8 Å². The van der Waals surface area contributed by atoms with Gasteiger partial charge in [-0.15, -0.1) is 0 Å². The Kier molecular flexibility index (Phi) is 8.13. The second kappa shape index (κ2) is 11.5. The van der Waals surface area contributed by atoms with Crippen LogP contribution in [0.15, 0.2) is 54.6 Å². The van der Waals surface area contributed by atoms with E-state index in [1.54, 1.807) is 12.1 Å². The van der Waals surface area contributed by atoms with Crippen LogP contribution in [0.3, 0.4) is 0 Å². The number of fused-ring (bicyclic) bond motifs is 3. The largest absolute Gasteiger partial charge is 0.489 e. The molecule has 4 aromatic rings. The summed E-state index contributed by atoms with van der Waals surface area (Å²) in [4.78, 5) is 16.0. The molecule has 0 bridgehead atoms. The molecular formula is C29H26F3N3NaO5. The predicted molar refractivity (Wildman–Crippen MR) is 146 cm³/mol. The standard InChI is InChI=1S/C29H26F3N3O5.Na/c1-3-26-34-27-21(7-5-9-23(27)39-15-29(30,31)32)35(26)22-8-4-6-18-20(13-38-28(18)22)33-17-10-11-19-24(12-17)37-14-25(19)40-16(2)36;/h4-12,20,25,33H,3,13-15H2,1-2H3;/t20-,25-;/m1./s1. The van der Waals surface area contributed by atoms with Gasteiger partial charge in [0.2, 0.25) is 0 Å². The first kappa shape index (κ1) is 29.1.